The first-order chi connectivity index (χ1) is 10.0. The molecule has 0 spiro atoms. The van der Waals surface area contributed by atoms with Gasteiger partial charge < -0.3 is 10.6 Å². The van der Waals surface area contributed by atoms with Crippen LogP contribution in [-0.2, 0) is 6.54 Å². The lowest BCUT2D eigenvalue weighted by Crippen LogP contribution is -2.30. The third kappa shape index (κ3) is 4.11. The molecule has 2 rings (SSSR count). The highest BCUT2D eigenvalue weighted by atomic mass is 127. The van der Waals surface area contributed by atoms with E-state index < -0.39 is 0 Å². The average Bonchev–Trinajstić information content (AvgIpc) is 2.48. The van der Waals surface area contributed by atoms with Gasteiger partial charge in [0.25, 0.3) is 5.91 Å². The van der Waals surface area contributed by atoms with Crippen LogP contribution in [0.3, 0.4) is 0 Å². The number of nitrogens with two attached hydrogens (primary N) is 1. The van der Waals surface area contributed by atoms with E-state index in [1.807, 2.05) is 37.3 Å². The van der Waals surface area contributed by atoms with Gasteiger partial charge in [0.05, 0.1) is 5.56 Å². The molecule has 0 unspecified atom stereocenters. The molecule has 110 valence electrons. The van der Waals surface area contributed by atoms with Crippen LogP contribution in [0.2, 0.25) is 5.02 Å². The number of nitrogen functional groups attached to an aromatic ring is 1. The van der Waals surface area contributed by atoms with Gasteiger partial charge in [0.2, 0.25) is 0 Å². The number of rotatable bonds is 4. The Morgan fingerprint density at radius 2 is 1.90 bits per heavy atom. The molecule has 0 fully saturated rings. The molecule has 3 nitrogen and oxygen atoms in total. The van der Waals surface area contributed by atoms with E-state index >= 15 is 0 Å². The summed E-state index contributed by atoms with van der Waals surface area (Å²) in [5, 5.41) is 0.572. The lowest BCUT2D eigenvalue weighted by Gasteiger charge is -2.22. The molecule has 0 saturated carbocycles. The van der Waals surface area contributed by atoms with Crippen LogP contribution < -0.4 is 5.73 Å². The maximum atomic E-state index is 12.7. The molecule has 0 saturated heterocycles. The predicted molar refractivity (Wildman–Crippen MR) is 95.4 cm³/mol. The third-order valence-electron chi connectivity index (χ3n) is 3.18. The minimum atomic E-state index is -0.0128. The van der Waals surface area contributed by atoms with Gasteiger partial charge in [0.1, 0.15) is 0 Å². The van der Waals surface area contributed by atoms with E-state index in [1.165, 1.54) is 0 Å². The second-order valence-electron chi connectivity index (χ2n) is 4.69. The van der Waals surface area contributed by atoms with Crippen LogP contribution in [0.15, 0.2) is 42.5 Å². The highest BCUT2D eigenvalue weighted by Crippen LogP contribution is 2.20. The van der Waals surface area contributed by atoms with Gasteiger partial charge in [-0.2, -0.15) is 0 Å². The number of amides is 1. The molecule has 0 aliphatic heterocycles. The second-order valence-corrected chi connectivity index (χ2v) is 6.28. The Kier molecular flexibility index (Phi) is 5.47. The molecule has 21 heavy (non-hydrogen) atoms. The van der Waals surface area contributed by atoms with Crippen LogP contribution in [0, 0.1) is 3.57 Å². The zero-order valence-electron chi connectivity index (χ0n) is 11.6. The first-order valence-electron chi connectivity index (χ1n) is 6.60. The molecule has 0 aliphatic rings. The van der Waals surface area contributed by atoms with Gasteiger partial charge in [-0.25, -0.2) is 0 Å². The number of nitrogens with zero attached hydrogens (tertiary/aromatic N) is 1. The Bertz CT molecular complexity index is 643. The Morgan fingerprint density at radius 1 is 1.24 bits per heavy atom. The van der Waals surface area contributed by atoms with E-state index in [1.54, 1.807) is 17.0 Å². The molecule has 0 bridgehead atoms. The molecular weight excluding hydrogens is 399 g/mol. The summed E-state index contributed by atoms with van der Waals surface area (Å²) in [6.07, 6.45) is 0. The zero-order valence-corrected chi connectivity index (χ0v) is 14.6. The Labute approximate surface area is 143 Å². The summed E-state index contributed by atoms with van der Waals surface area (Å²) in [7, 11) is 0. The molecule has 0 radical (unpaired) electrons. The van der Waals surface area contributed by atoms with Crippen molar-refractivity contribution in [2.75, 3.05) is 12.3 Å². The number of carbonyl (C=O) groups is 1. The van der Waals surface area contributed by atoms with Crippen molar-refractivity contribution in [2.24, 2.45) is 0 Å². The lowest BCUT2D eigenvalue weighted by atomic mass is 10.1. The largest absolute Gasteiger partial charge is 0.399 e. The van der Waals surface area contributed by atoms with E-state index in [2.05, 4.69) is 22.6 Å². The van der Waals surface area contributed by atoms with Gasteiger partial charge in [0.15, 0.2) is 0 Å². The fourth-order valence-corrected chi connectivity index (χ4v) is 2.74. The van der Waals surface area contributed by atoms with E-state index in [4.69, 9.17) is 17.3 Å². The van der Waals surface area contributed by atoms with Crippen molar-refractivity contribution >= 4 is 45.8 Å². The van der Waals surface area contributed by atoms with E-state index in [0.717, 1.165) is 14.8 Å². The van der Waals surface area contributed by atoms with Crippen molar-refractivity contribution in [3.63, 3.8) is 0 Å². The van der Waals surface area contributed by atoms with Crippen LogP contribution >= 0.6 is 34.2 Å². The van der Waals surface area contributed by atoms with Gasteiger partial charge in [-0.05, 0) is 65.4 Å². The molecule has 2 aromatic rings. The number of halogens is 2. The SMILES string of the molecule is CCN(Cc1ccc(N)cc1)C(=O)c1cc(Cl)ccc1I. The summed E-state index contributed by atoms with van der Waals surface area (Å²) < 4.78 is 0.901. The van der Waals surface area contributed by atoms with Crippen molar-refractivity contribution in [3.05, 3.63) is 62.2 Å². The van der Waals surface area contributed by atoms with Gasteiger partial charge in [-0.3, -0.25) is 4.79 Å². The summed E-state index contributed by atoms with van der Waals surface area (Å²) in [6.45, 7) is 3.15. The van der Waals surface area contributed by atoms with E-state index in [9.17, 15) is 4.79 Å². The highest BCUT2D eigenvalue weighted by molar-refractivity contribution is 14.1. The zero-order chi connectivity index (χ0) is 15.4. The first-order valence-corrected chi connectivity index (χ1v) is 8.05. The Morgan fingerprint density at radius 3 is 2.52 bits per heavy atom. The summed E-state index contributed by atoms with van der Waals surface area (Å²) in [5.41, 5.74) is 8.09. The molecule has 5 heteroatoms. The van der Waals surface area contributed by atoms with Crippen LogP contribution in [0.5, 0.6) is 0 Å². The maximum Gasteiger partial charge on any atom is 0.255 e. The number of anilines is 1. The van der Waals surface area contributed by atoms with Gasteiger partial charge >= 0.3 is 0 Å². The second kappa shape index (κ2) is 7.13. The molecule has 2 aromatic carbocycles. The van der Waals surface area contributed by atoms with Gasteiger partial charge in [-0.1, -0.05) is 23.7 Å². The van der Waals surface area contributed by atoms with Crippen molar-refractivity contribution in [1.82, 2.24) is 4.90 Å². The minimum Gasteiger partial charge on any atom is -0.399 e. The van der Waals surface area contributed by atoms with Crippen molar-refractivity contribution in [2.45, 2.75) is 13.5 Å². The topological polar surface area (TPSA) is 46.3 Å². The number of hydrogen-bond acceptors (Lipinski definition) is 2. The standard InChI is InChI=1S/C16H16ClIN2O/c1-2-20(10-11-3-6-13(19)7-4-11)16(21)14-9-12(17)5-8-15(14)18/h3-9H,2,10,19H2,1H3. The number of carbonyl (C=O) groups excluding carboxylic acids is 1. The summed E-state index contributed by atoms with van der Waals surface area (Å²) in [6, 6.07) is 12.9. The molecule has 0 atom stereocenters. The summed E-state index contributed by atoms with van der Waals surface area (Å²) in [5.74, 6) is -0.0128. The van der Waals surface area contributed by atoms with Crippen molar-refractivity contribution < 1.29 is 4.79 Å². The van der Waals surface area contributed by atoms with Crippen LogP contribution in [0.25, 0.3) is 0 Å². The van der Waals surface area contributed by atoms with Crippen LogP contribution in [-0.4, -0.2) is 17.4 Å². The molecule has 0 heterocycles. The summed E-state index contributed by atoms with van der Waals surface area (Å²) in [4.78, 5) is 14.4. The normalized spacial score (nSPS) is 10.4. The monoisotopic (exact) mass is 414 g/mol. The number of hydrogen-bond donors (Lipinski definition) is 1. The smallest absolute Gasteiger partial charge is 0.255 e. The van der Waals surface area contributed by atoms with Crippen LogP contribution in [0.1, 0.15) is 22.8 Å². The Hall–Kier alpha value is -1.27. The lowest BCUT2D eigenvalue weighted by molar-refractivity contribution is 0.0751. The molecule has 0 aliphatic carbocycles. The van der Waals surface area contributed by atoms with Crippen LogP contribution in [0.4, 0.5) is 5.69 Å². The highest BCUT2D eigenvalue weighted by Gasteiger charge is 2.17. The molecular formula is C16H16ClIN2O. The molecule has 2 N–H and O–H groups in total. The summed E-state index contributed by atoms with van der Waals surface area (Å²) >= 11 is 8.15. The van der Waals surface area contributed by atoms with Gasteiger partial charge in [-0.15, -0.1) is 0 Å². The predicted octanol–water partition coefficient (Wildman–Crippen LogP) is 4.19. The minimum absolute atomic E-state index is 0.0128. The first kappa shape index (κ1) is 16.1. The molecule has 1 amide bonds. The average molecular weight is 415 g/mol. The van der Waals surface area contributed by atoms with E-state index in [0.29, 0.717) is 23.7 Å². The maximum absolute atomic E-state index is 12.7. The van der Waals surface area contributed by atoms with Gasteiger partial charge in [0, 0.05) is 27.4 Å². The third-order valence-corrected chi connectivity index (χ3v) is 4.36. The fraction of sp³-hybridized carbons (Fsp3) is 0.188. The number of benzene rings is 2. The van der Waals surface area contributed by atoms with Crippen molar-refractivity contribution in [1.29, 1.82) is 0 Å². The van der Waals surface area contributed by atoms with Crippen molar-refractivity contribution in [3.8, 4) is 0 Å². The van der Waals surface area contributed by atoms with E-state index in [-0.39, 0.29) is 5.91 Å². The molecule has 0 aromatic heterocycles. The Balaban J connectivity index is 2.22. The fourth-order valence-electron chi connectivity index (χ4n) is 2.00. The quantitative estimate of drug-likeness (QED) is 0.602.